The highest BCUT2D eigenvalue weighted by Gasteiger charge is 2.31. The molecule has 0 radical (unpaired) electrons. The van der Waals surface area contributed by atoms with Gasteiger partial charge in [0.15, 0.2) is 5.76 Å². The normalized spacial score (nSPS) is 16.9. The molecule has 0 spiro atoms. The fraction of sp³-hybridized carbons (Fsp3) is 0.500. The zero-order valence-electron chi connectivity index (χ0n) is 10.7. The van der Waals surface area contributed by atoms with Crippen molar-refractivity contribution in [1.29, 1.82) is 0 Å². The minimum Gasteiger partial charge on any atom is -0.359 e. The van der Waals surface area contributed by atoms with E-state index in [-0.39, 0.29) is 0 Å². The number of hydrogen-bond acceptors (Lipinski definition) is 3. The lowest BCUT2D eigenvalue weighted by molar-refractivity contribution is 0.376. The number of nitrogens with zero attached hydrogens (tertiary/aromatic N) is 2. The van der Waals surface area contributed by atoms with Gasteiger partial charge in [0.05, 0.1) is 12.7 Å². The fourth-order valence-corrected chi connectivity index (χ4v) is 2.45. The van der Waals surface area contributed by atoms with Crippen LogP contribution >= 0.6 is 0 Å². The van der Waals surface area contributed by atoms with E-state index in [9.17, 15) is 0 Å². The van der Waals surface area contributed by atoms with E-state index in [1.54, 1.807) is 6.20 Å². The summed E-state index contributed by atoms with van der Waals surface area (Å²) in [6, 6.07) is 4.63. The molecule has 18 heavy (non-hydrogen) atoms. The fourth-order valence-electron chi connectivity index (χ4n) is 2.45. The quantitative estimate of drug-likeness (QED) is 0.850. The lowest BCUT2D eigenvalue weighted by Gasteiger charge is -2.15. The van der Waals surface area contributed by atoms with Crippen LogP contribution in [0.4, 0.5) is 0 Å². The average Bonchev–Trinajstić information content (AvgIpc) is 2.88. The van der Waals surface area contributed by atoms with Crippen molar-refractivity contribution in [3.63, 3.8) is 0 Å². The van der Waals surface area contributed by atoms with Crippen molar-refractivity contribution in [1.82, 2.24) is 15.0 Å². The van der Waals surface area contributed by atoms with E-state index in [1.165, 1.54) is 18.4 Å². The van der Waals surface area contributed by atoms with Gasteiger partial charge in [-0.15, -0.1) is 0 Å². The minimum atomic E-state index is 0.519. The Bertz CT molecular complexity index is 485. The second kappa shape index (κ2) is 4.98. The van der Waals surface area contributed by atoms with Gasteiger partial charge in [0.2, 0.25) is 0 Å². The maximum Gasteiger partial charge on any atom is 0.156 e. The number of aromatic nitrogens is 2. The molecule has 1 fully saturated rings. The lowest BCUT2D eigenvalue weighted by Crippen LogP contribution is -2.22. The van der Waals surface area contributed by atoms with Crippen molar-refractivity contribution in [3.05, 3.63) is 42.0 Å². The molecule has 2 aromatic rings. The molecule has 1 aliphatic carbocycles. The smallest absolute Gasteiger partial charge is 0.156 e. The Morgan fingerprint density at radius 2 is 2.39 bits per heavy atom. The van der Waals surface area contributed by atoms with Gasteiger partial charge in [-0.3, -0.25) is 0 Å². The Morgan fingerprint density at radius 3 is 3.06 bits per heavy atom. The van der Waals surface area contributed by atoms with E-state index in [1.807, 2.05) is 6.07 Å². The van der Waals surface area contributed by atoms with Crippen molar-refractivity contribution in [2.45, 2.75) is 32.4 Å². The number of nitrogens with one attached hydrogen (secondary N) is 1. The molecule has 3 rings (SSSR count). The molecule has 2 aromatic heterocycles. The third kappa shape index (κ3) is 2.48. The van der Waals surface area contributed by atoms with Gasteiger partial charge in [-0.1, -0.05) is 12.1 Å². The van der Waals surface area contributed by atoms with E-state index < -0.39 is 0 Å². The predicted octanol–water partition coefficient (Wildman–Crippen LogP) is 2.59. The zero-order chi connectivity index (χ0) is 12.4. The largest absolute Gasteiger partial charge is 0.359 e. The van der Waals surface area contributed by atoms with Crippen LogP contribution in [0.25, 0.3) is 0 Å². The Hall–Kier alpha value is -1.55. The van der Waals surface area contributed by atoms with Crippen LogP contribution in [0.2, 0.25) is 0 Å². The molecule has 1 saturated carbocycles. The van der Waals surface area contributed by atoms with Crippen LogP contribution in [0.15, 0.2) is 35.2 Å². The summed E-state index contributed by atoms with van der Waals surface area (Å²) in [6.07, 6.45) is 8.72. The molecular formula is C14H19N3O. The van der Waals surface area contributed by atoms with Gasteiger partial charge in [-0.25, -0.2) is 0 Å². The molecule has 0 aliphatic heterocycles. The average molecular weight is 245 g/mol. The third-order valence-corrected chi connectivity index (χ3v) is 3.48. The van der Waals surface area contributed by atoms with Crippen LogP contribution in [-0.4, -0.2) is 16.3 Å². The van der Waals surface area contributed by atoms with E-state index >= 15 is 0 Å². The maximum atomic E-state index is 5.13. The molecule has 0 bridgehead atoms. The summed E-state index contributed by atoms with van der Waals surface area (Å²) in [7, 11) is 0. The van der Waals surface area contributed by atoms with Crippen LogP contribution in [0.1, 0.15) is 37.1 Å². The third-order valence-electron chi connectivity index (χ3n) is 3.48. The van der Waals surface area contributed by atoms with Crippen molar-refractivity contribution < 1.29 is 4.52 Å². The monoisotopic (exact) mass is 245 g/mol. The Kier molecular flexibility index (Phi) is 3.19. The topological polar surface area (TPSA) is 43.0 Å². The number of hydrogen-bond donors (Lipinski definition) is 1. The van der Waals surface area contributed by atoms with Crippen LogP contribution < -0.4 is 5.32 Å². The molecule has 0 amide bonds. The summed E-state index contributed by atoms with van der Waals surface area (Å²) in [4.78, 5) is 0. The van der Waals surface area contributed by atoms with Crippen LogP contribution in [0, 0.1) is 5.92 Å². The van der Waals surface area contributed by atoms with E-state index in [0.717, 1.165) is 24.8 Å². The van der Waals surface area contributed by atoms with E-state index in [2.05, 4.69) is 40.4 Å². The Balaban J connectivity index is 1.71. The molecule has 1 atom stereocenters. The van der Waals surface area contributed by atoms with E-state index in [4.69, 9.17) is 4.52 Å². The summed E-state index contributed by atoms with van der Waals surface area (Å²) in [5.41, 5.74) is 1.39. The highest BCUT2D eigenvalue weighted by atomic mass is 16.5. The SMILES string of the molecule is CCNC(c1ccn(Cc2ccno2)c1)C1CC1. The molecular weight excluding hydrogens is 226 g/mol. The van der Waals surface area contributed by atoms with Gasteiger partial charge in [0, 0.05) is 24.5 Å². The molecule has 1 N–H and O–H groups in total. The molecule has 0 aromatic carbocycles. The molecule has 1 aliphatic rings. The van der Waals surface area contributed by atoms with Gasteiger partial charge in [0.1, 0.15) is 0 Å². The van der Waals surface area contributed by atoms with Crippen molar-refractivity contribution >= 4 is 0 Å². The molecule has 2 heterocycles. The molecule has 96 valence electrons. The second-order valence-corrected chi connectivity index (χ2v) is 4.97. The van der Waals surface area contributed by atoms with Crippen LogP contribution in [-0.2, 0) is 6.54 Å². The van der Waals surface area contributed by atoms with Crippen molar-refractivity contribution in [3.8, 4) is 0 Å². The summed E-state index contributed by atoms with van der Waals surface area (Å²) >= 11 is 0. The molecule has 0 saturated heterocycles. The maximum absolute atomic E-state index is 5.13. The number of rotatable bonds is 6. The standard InChI is InChI=1S/C14H19N3O/c1-2-15-14(11-3-4-11)12-6-8-17(9-12)10-13-5-7-16-18-13/h5-9,11,14-15H,2-4,10H2,1H3. The van der Waals surface area contributed by atoms with Crippen molar-refractivity contribution in [2.24, 2.45) is 5.92 Å². The first-order valence-electron chi connectivity index (χ1n) is 6.65. The molecule has 4 heteroatoms. The van der Waals surface area contributed by atoms with Gasteiger partial charge >= 0.3 is 0 Å². The predicted molar refractivity (Wildman–Crippen MR) is 69.2 cm³/mol. The first-order chi connectivity index (χ1) is 8.86. The van der Waals surface area contributed by atoms with Gasteiger partial charge in [-0.05, 0) is 36.9 Å². The lowest BCUT2D eigenvalue weighted by atomic mass is 10.1. The first-order valence-corrected chi connectivity index (χ1v) is 6.65. The highest BCUT2D eigenvalue weighted by Crippen LogP contribution is 2.41. The first kappa shape index (κ1) is 11.5. The summed E-state index contributed by atoms with van der Waals surface area (Å²) in [6.45, 7) is 3.94. The zero-order valence-corrected chi connectivity index (χ0v) is 10.7. The molecule has 4 nitrogen and oxygen atoms in total. The highest BCUT2D eigenvalue weighted by molar-refractivity contribution is 5.19. The summed E-state index contributed by atoms with van der Waals surface area (Å²) in [5, 5.41) is 7.31. The van der Waals surface area contributed by atoms with Crippen molar-refractivity contribution in [2.75, 3.05) is 6.54 Å². The van der Waals surface area contributed by atoms with Crippen LogP contribution in [0.5, 0.6) is 0 Å². The minimum absolute atomic E-state index is 0.519. The Labute approximate surface area is 107 Å². The summed E-state index contributed by atoms with van der Waals surface area (Å²) < 4.78 is 7.28. The second-order valence-electron chi connectivity index (χ2n) is 4.97. The van der Waals surface area contributed by atoms with E-state index in [0.29, 0.717) is 6.04 Å². The summed E-state index contributed by atoms with van der Waals surface area (Å²) in [5.74, 6) is 1.72. The van der Waals surface area contributed by atoms with Gasteiger partial charge in [0.25, 0.3) is 0 Å². The van der Waals surface area contributed by atoms with Gasteiger partial charge < -0.3 is 14.4 Å². The Morgan fingerprint density at radius 1 is 1.50 bits per heavy atom. The van der Waals surface area contributed by atoms with Crippen LogP contribution in [0.3, 0.4) is 0 Å². The molecule has 1 unspecified atom stereocenters. The van der Waals surface area contributed by atoms with Gasteiger partial charge in [-0.2, -0.15) is 0 Å².